The van der Waals surface area contributed by atoms with Gasteiger partial charge in [0.05, 0.1) is 29.7 Å². The van der Waals surface area contributed by atoms with Crippen LogP contribution < -0.4 is 9.46 Å². The van der Waals surface area contributed by atoms with Gasteiger partial charge >= 0.3 is 12.2 Å². The minimum Gasteiger partial charge on any atom is -0.491 e. The lowest BCUT2D eigenvalue weighted by Gasteiger charge is -2.38. The Bertz CT molecular complexity index is 1070. The molecular formula is C24H37N3O9S. The van der Waals surface area contributed by atoms with Gasteiger partial charge in [0.15, 0.2) is 0 Å². The number of sulfonamides is 1. The molecule has 1 spiro atoms. The number of carbonyl (C=O) groups excluding carboxylic acids is 1. The average molecular weight is 544 g/mol. The van der Waals surface area contributed by atoms with E-state index >= 15 is 0 Å². The lowest BCUT2D eigenvalue weighted by atomic mass is 9.87. The molecule has 12 nitrogen and oxygen atoms in total. The van der Waals surface area contributed by atoms with Crippen LogP contribution in [-0.4, -0.2) is 104 Å². The van der Waals surface area contributed by atoms with Gasteiger partial charge in [0, 0.05) is 19.2 Å². The van der Waals surface area contributed by atoms with Crippen molar-refractivity contribution in [2.75, 3.05) is 39.9 Å². The molecule has 0 bridgehead atoms. The predicted molar refractivity (Wildman–Crippen MR) is 133 cm³/mol. The molecule has 0 radical (unpaired) electrons. The van der Waals surface area contributed by atoms with E-state index in [1.54, 1.807) is 26.8 Å². The number of nitrogens with zero attached hydrogens (tertiary/aromatic N) is 2. The molecule has 2 fully saturated rings. The Kier molecular flexibility index (Phi) is 8.93. The minimum absolute atomic E-state index is 0.0275. The van der Waals surface area contributed by atoms with E-state index in [2.05, 4.69) is 4.72 Å². The van der Waals surface area contributed by atoms with Gasteiger partial charge in [-0.05, 0) is 59.2 Å². The fourth-order valence-corrected chi connectivity index (χ4v) is 5.25. The molecule has 3 rings (SSSR count). The Hall–Kier alpha value is -2.61. The highest BCUT2D eigenvalue weighted by molar-refractivity contribution is 7.89. The second-order valence-corrected chi connectivity index (χ2v) is 12.3. The molecule has 3 N–H and O–H groups in total. The molecule has 0 aromatic heterocycles. The number of piperidine rings is 1. The SMILES string of the molecule is CNS(=O)(=O)c1cccc(OC[C@@H](O)CN(C(=O)OC(C)(C)C)[C@H]2COC3(CCN(C(=O)O)CC3)C2)c1. The van der Waals surface area contributed by atoms with Crippen LogP contribution in [0.5, 0.6) is 5.75 Å². The first-order valence-electron chi connectivity index (χ1n) is 12.2. The Morgan fingerprint density at radius 3 is 2.57 bits per heavy atom. The molecule has 37 heavy (non-hydrogen) atoms. The number of aliphatic hydroxyl groups excluding tert-OH is 1. The van der Waals surface area contributed by atoms with Crippen LogP contribution in [0.1, 0.15) is 40.0 Å². The van der Waals surface area contributed by atoms with Gasteiger partial charge in [0.1, 0.15) is 24.1 Å². The zero-order chi connectivity index (χ0) is 27.4. The summed E-state index contributed by atoms with van der Waals surface area (Å²) in [5.74, 6) is 0.257. The van der Waals surface area contributed by atoms with Crippen molar-refractivity contribution in [2.24, 2.45) is 0 Å². The van der Waals surface area contributed by atoms with E-state index in [1.807, 2.05) is 0 Å². The Labute approximate surface area is 217 Å². The summed E-state index contributed by atoms with van der Waals surface area (Å²) < 4.78 is 43.6. The number of carboxylic acid groups (broad SMARTS) is 1. The van der Waals surface area contributed by atoms with Crippen LogP contribution in [0.2, 0.25) is 0 Å². The normalized spacial score (nSPS) is 20.5. The molecule has 0 unspecified atom stereocenters. The van der Waals surface area contributed by atoms with Crippen molar-refractivity contribution >= 4 is 22.2 Å². The molecule has 1 aromatic carbocycles. The number of aliphatic hydroxyl groups is 1. The quantitative estimate of drug-likeness (QED) is 0.446. The van der Waals surface area contributed by atoms with Crippen molar-refractivity contribution in [2.45, 2.75) is 68.3 Å². The van der Waals surface area contributed by atoms with Crippen molar-refractivity contribution in [1.29, 1.82) is 0 Å². The van der Waals surface area contributed by atoms with Gasteiger partial charge in [-0.3, -0.25) is 0 Å². The monoisotopic (exact) mass is 543 g/mol. The largest absolute Gasteiger partial charge is 0.491 e. The summed E-state index contributed by atoms with van der Waals surface area (Å²) in [5, 5.41) is 20.0. The standard InChI is InChI=1S/C24H37N3O9S/c1-23(2,3)36-22(31)27(17-13-24(35-15-17)8-10-26(11-9-24)21(29)30)14-18(28)16-34-19-6-5-7-20(12-19)37(32,33)25-4/h5-7,12,17-18,25,28H,8-11,13-16H2,1-4H3,(H,29,30)/t17-,18+/m1/s1. The number of hydrogen-bond acceptors (Lipinski definition) is 8. The van der Waals surface area contributed by atoms with Crippen LogP contribution in [0.25, 0.3) is 0 Å². The molecule has 2 saturated heterocycles. The van der Waals surface area contributed by atoms with Gasteiger partial charge in [-0.2, -0.15) is 0 Å². The van der Waals surface area contributed by atoms with Crippen molar-refractivity contribution in [3.8, 4) is 5.75 Å². The predicted octanol–water partition coefficient (Wildman–Crippen LogP) is 1.87. The van der Waals surface area contributed by atoms with Crippen LogP contribution >= 0.6 is 0 Å². The fraction of sp³-hybridized carbons (Fsp3) is 0.667. The second-order valence-electron chi connectivity index (χ2n) is 10.4. The van der Waals surface area contributed by atoms with E-state index in [0.717, 1.165) is 0 Å². The zero-order valence-electron chi connectivity index (χ0n) is 21.7. The highest BCUT2D eigenvalue weighted by atomic mass is 32.2. The molecule has 2 atom stereocenters. The molecular weight excluding hydrogens is 506 g/mol. The summed E-state index contributed by atoms with van der Waals surface area (Å²) in [7, 11) is -2.34. The second kappa shape index (κ2) is 11.4. The first kappa shape index (κ1) is 29.0. The topological polar surface area (TPSA) is 155 Å². The molecule has 2 aliphatic heterocycles. The fourth-order valence-electron chi connectivity index (χ4n) is 4.49. The Balaban J connectivity index is 1.66. The third-order valence-electron chi connectivity index (χ3n) is 6.44. The third kappa shape index (κ3) is 7.69. The van der Waals surface area contributed by atoms with Crippen LogP contribution in [-0.2, 0) is 19.5 Å². The number of rotatable bonds is 8. The number of carbonyl (C=O) groups is 2. The Morgan fingerprint density at radius 1 is 1.30 bits per heavy atom. The van der Waals surface area contributed by atoms with Crippen LogP contribution in [0.3, 0.4) is 0 Å². The summed E-state index contributed by atoms with van der Waals surface area (Å²) in [6, 6.07) is 5.51. The summed E-state index contributed by atoms with van der Waals surface area (Å²) in [5.41, 5.74) is -1.28. The molecule has 208 valence electrons. The summed E-state index contributed by atoms with van der Waals surface area (Å²) >= 11 is 0. The van der Waals surface area contributed by atoms with Crippen LogP contribution in [0, 0.1) is 0 Å². The first-order chi connectivity index (χ1) is 17.2. The van der Waals surface area contributed by atoms with Crippen molar-refractivity contribution in [3.63, 3.8) is 0 Å². The summed E-state index contributed by atoms with van der Waals surface area (Å²) in [6.07, 6.45) is -1.11. The summed E-state index contributed by atoms with van der Waals surface area (Å²) in [6.45, 7) is 5.93. The maximum atomic E-state index is 13.1. The van der Waals surface area contributed by atoms with Gasteiger partial charge in [0.2, 0.25) is 10.0 Å². The number of ether oxygens (including phenoxy) is 3. The minimum atomic E-state index is -3.65. The van der Waals surface area contributed by atoms with Crippen LogP contribution in [0.15, 0.2) is 29.2 Å². The van der Waals surface area contributed by atoms with Crippen molar-refractivity contribution in [1.82, 2.24) is 14.5 Å². The van der Waals surface area contributed by atoms with Gasteiger partial charge in [-0.15, -0.1) is 0 Å². The van der Waals surface area contributed by atoms with E-state index in [0.29, 0.717) is 32.4 Å². The Morgan fingerprint density at radius 2 is 1.97 bits per heavy atom. The van der Waals surface area contributed by atoms with Gasteiger partial charge in [-0.1, -0.05) is 6.07 Å². The smallest absolute Gasteiger partial charge is 0.410 e. The average Bonchev–Trinajstić information content (AvgIpc) is 3.23. The summed E-state index contributed by atoms with van der Waals surface area (Å²) in [4.78, 5) is 27.2. The maximum absolute atomic E-state index is 13.1. The molecule has 0 aliphatic carbocycles. The first-order valence-corrected chi connectivity index (χ1v) is 13.7. The molecule has 1 aromatic rings. The number of hydrogen-bond donors (Lipinski definition) is 3. The molecule has 2 aliphatic rings. The van der Waals surface area contributed by atoms with E-state index in [9.17, 15) is 28.2 Å². The van der Waals surface area contributed by atoms with Gasteiger partial charge in [-0.25, -0.2) is 22.7 Å². The highest BCUT2D eigenvalue weighted by Gasteiger charge is 2.47. The number of likely N-dealkylation sites (tertiary alicyclic amines) is 1. The lowest BCUT2D eigenvalue weighted by Crippen LogP contribution is -2.50. The van der Waals surface area contributed by atoms with Crippen molar-refractivity contribution in [3.05, 3.63) is 24.3 Å². The lowest BCUT2D eigenvalue weighted by molar-refractivity contribution is -0.0407. The van der Waals surface area contributed by atoms with E-state index in [1.165, 1.54) is 35.0 Å². The van der Waals surface area contributed by atoms with Gasteiger partial charge in [0.25, 0.3) is 0 Å². The number of benzene rings is 1. The maximum Gasteiger partial charge on any atom is 0.410 e. The molecule has 2 amide bonds. The molecule has 2 heterocycles. The zero-order valence-corrected chi connectivity index (χ0v) is 22.5. The number of amides is 2. The third-order valence-corrected chi connectivity index (χ3v) is 7.85. The van der Waals surface area contributed by atoms with E-state index < -0.39 is 39.5 Å². The van der Waals surface area contributed by atoms with E-state index in [4.69, 9.17) is 14.2 Å². The molecule has 13 heteroatoms. The van der Waals surface area contributed by atoms with Crippen molar-refractivity contribution < 1.29 is 42.4 Å². The van der Waals surface area contributed by atoms with Crippen LogP contribution in [0.4, 0.5) is 9.59 Å². The van der Waals surface area contributed by atoms with Gasteiger partial charge < -0.3 is 34.2 Å². The molecule has 0 saturated carbocycles. The van der Waals surface area contributed by atoms with E-state index in [-0.39, 0.29) is 36.4 Å². The number of nitrogens with one attached hydrogen (secondary N) is 1. The highest BCUT2D eigenvalue weighted by Crippen LogP contribution is 2.38.